The Labute approximate surface area is 82.4 Å². The van der Waals surface area contributed by atoms with Gasteiger partial charge in [-0.25, -0.2) is 4.98 Å². The first kappa shape index (κ1) is 12.0. The molecule has 0 bridgehead atoms. The predicted molar refractivity (Wildman–Crippen MR) is 55.4 cm³/mol. The van der Waals surface area contributed by atoms with Crippen LogP contribution in [0.3, 0.4) is 0 Å². The van der Waals surface area contributed by atoms with Crippen LogP contribution in [0.25, 0.3) is 0 Å². The molecule has 0 saturated heterocycles. The minimum absolute atomic E-state index is 0.204. The van der Waals surface area contributed by atoms with E-state index in [9.17, 15) is 4.79 Å². The number of rotatable bonds is 2. The Bertz CT molecular complexity index is 298. The van der Waals surface area contributed by atoms with Gasteiger partial charge in [0.1, 0.15) is 5.69 Å². The zero-order valence-corrected chi connectivity index (χ0v) is 8.77. The summed E-state index contributed by atoms with van der Waals surface area (Å²) in [5.74, 6) is 0. The second-order valence-corrected chi connectivity index (χ2v) is 2.29. The smallest absolute Gasteiger partial charge is 0.275 e. The molecule has 0 fully saturated rings. The van der Waals surface area contributed by atoms with Crippen molar-refractivity contribution in [3.8, 4) is 0 Å². The summed E-state index contributed by atoms with van der Waals surface area (Å²) >= 11 is 5.61. The molecule has 13 heavy (non-hydrogen) atoms. The normalized spacial score (nSPS) is 8.62. The zero-order chi connectivity index (χ0) is 10.3. The van der Waals surface area contributed by atoms with Crippen molar-refractivity contribution in [2.75, 3.05) is 11.9 Å². The number of aromatic nitrogens is 2. The minimum Gasteiger partial charge on any atom is -0.378 e. The average Bonchev–Trinajstić information content (AvgIpc) is 2.15. The number of nitrogens with one attached hydrogen (secondary N) is 2. The molecule has 1 rings (SSSR count). The molecule has 0 unspecified atom stereocenters. The molecule has 0 atom stereocenters. The van der Waals surface area contributed by atoms with Crippen molar-refractivity contribution >= 4 is 17.3 Å². The van der Waals surface area contributed by atoms with E-state index in [-0.39, 0.29) is 10.7 Å². The lowest BCUT2D eigenvalue weighted by atomic mass is 10.5. The molecular weight excluding hydrogens is 190 g/mol. The lowest BCUT2D eigenvalue weighted by Crippen LogP contribution is -2.14. The van der Waals surface area contributed by atoms with E-state index >= 15 is 0 Å². The van der Waals surface area contributed by atoms with E-state index in [1.54, 1.807) is 0 Å². The Balaban J connectivity index is 0.000000671. The van der Waals surface area contributed by atoms with E-state index in [1.807, 2.05) is 20.8 Å². The topological polar surface area (TPSA) is 57.8 Å². The molecule has 1 aromatic heterocycles. The van der Waals surface area contributed by atoms with Crippen LogP contribution in [0.15, 0.2) is 11.1 Å². The summed E-state index contributed by atoms with van der Waals surface area (Å²) in [6.45, 7) is 6.53. The minimum atomic E-state index is -0.244. The van der Waals surface area contributed by atoms with Crippen LogP contribution in [0.2, 0.25) is 5.15 Å². The van der Waals surface area contributed by atoms with Crippen molar-refractivity contribution in [1.29, 1.82) is 0 Å². The second kappa shape index (κ2) is 6.48. The summed E-state index contributed by atoms with van der Waals surface area (Å²) in [7, 11) is 0. The van der Waals surface area contributed by atoms with E-state index < -0.39 is 0 Å². The maximum atomic E-state index is 11.0. The SMILES string of the molecule is CC.CCNc1c(Cl)nc[nH]c1=O. The Morgan fingerprint density at radius 3 is 2.69 bits per heavy atom. The van der Waals surface area contributed by atoms with Crippen LogP contribution in [0, 0.1) is 0 Å². The average molecular weight is 204 g/mol. The van der Waals surface area contributed by atoms with Gasteiger partial charge >= 0.3 is 0 Å². The van der Waals surface area contributed by atoms with Crippen LogP contribution in [-0.2, 0) is 0 Å². The predicted octanol–water partition coefficient (Wildman–Crippen LogP) is 1.88. The molecule has 5 heteroatoms. The maximum absolute atomic E-state index is 11.0. The summed E-state index contributed by atoms with van der Waals surface area (Å²) < 4.78 is 0. The highest BCUT2D eigenvalue weighted by Crippen LogP contribution is 2.10. The number of aromatic amines is 1. The Hall–Kier alpha value is -1.03. The van der Waals surface area contributed by atoms with E-state index in [1.165, 1.54) is 6.33 Å². The van der Waals surface area contributed by atoms with Crippen molar-refractivity contribution in [2.24, 2.45) is 0 Å². The molecule has 0 aliphatic carbocycles. The van der Waals surface area contributed by atoms with E-state index in [0.29, 0.717) is 12.2 Å². The molecule has 1 aromatic rings. The van der Waals surface area contributed by atoms with Gasteiger partial charge in [0.25, 0.3) is 5.56 Å². The van der Waals surface area contributed by atoms with Crippen LogP contribution in [-0.4, -0.2) is 16.5 Å². The number of nitrogens with zero attached hydrogens (tertiary/aromatic N) is 1. The molecule has 0 aliphatic heterocycles. The second-order valence-electron chi connectivity index (χ2n) is 1.93. The highest BCUT2D eigenvalue weighted by Gasteiger charge is 2.02. The maximum Gasteiger partial charge on any atom is 0.275 e. The van der Waals surface area contributed by atoms with E-state index in [4.69, 9.17) is 11.6 Å². The number of halogens is 1. The van der Waals surface area contributed by atoms with Gasteiger partial charge in [-0.2, -0.15) is 0 Å². The van der Waals surface area contributed by atoms with Gasteiger partial charge in [-0.3, -0.25) is 4.79 Å². The molecular formula is C8H14ClN3O. The van der Waals surface area contributed by atoms with E-state index in [2.05, 4.69) is 15.3 Å². The van der Waals surface area contributed by atoms with Gasteiger partial charge in [0.05, 0.1) is 6.33 Å². The summed E-state index contributed by atoms with van der Waals surface area (Å²) in [6, 6.07) is 0. The highest BCUT2D eigenvalue weighted by atomic mass is 35.5. The van der Waals surface area contributed by atoms with Gasteiger partial charge in [0.2, 0.25) is 0 Å². The molecule has 0 spiro atoms. The molecule has 2 N–H and O–H groups in total. The quantitative estimate of drug-likeness (QED) is 0.722. The number of hydrogen-bond acceptors (Lipinski definition) is 3. The van der Waals surface area contributed by atoms with Gasteiger partial charge in [0, 0.05) is 6.54 Å². The third kappa shape index (κ3) is 3.46. The summed E-state index contributed by atoms with van der Waals surface area (Å²) in [6.07, 6.45) is 1.27. The van der Waals surface area contributed by atoms with Crippen molar-refractivity contribution in [2.45, 2.75) is 20.8 Å². The molecule has 74 valence electrons. The van der Waals surface area contributed by atoms with Crippen LogP contribution in [0.1, 0.15) is 20.8 Å². The fourth-order valence-corrected chi connectivity index (χ4v) is 0.909. The first-order chi connectivity index (χ1) is 6.25. The molecule has 1 heterocycles. The Morgan fingerprint density at radius 1 is 1.62 bits per heavy atom. The van der Waals surface area contributed by atoms with Gasteiger partial charge in [-0.15, -0.1) is 0 Å². The summed E-state index contributed by atoms with van der Waals surface area (Å²) in [4.78, 5) is 17.1. The lowest BCUT2D eigenvalue weighted by Gasteiger charge is -2.01. The number of hydrogen-bond donors (Lipinski definition) is 2. The van der Waals surface area contributed by atoms with Crippen molar-refractivity contribution in [3.63, 3.8) is 0 Å². The Morgan fingerprint density at radius 2 is 2.23 bits per heavy atom. The van der Waals surface area contributed by atoms with Crippen LogP contribution in [0.4, 0.5) is 5.69 Å². The zero-order valence-electron chi connectivity index (χ0n) is 8.02. The van der Waals surface area contributed by atoms with Crippen LogP contribution in [0.5, 0.6) is 0 Å². The standard InChI is InChI=1S/C6H8ClN3O.C2H6/c1-2-8-4-5(7)9-3-10-6(4)11;1-2/h3,8H,2H2,1H3,(H,9,10,11);1-2H3. The summed E-state index contributed by atoms with van der Waals surface area (Å²) in [5.41, 5.74) is 0.0866. The van der Waals surface area contributed by atoms with Gasteiger partial charge in [-0.05, 0) is 6.92 Å². The molecule has 0 amide bonds. The molecule has 0 aliphatic rings. The van der Waals surface area contributed by atoms with Crippen LogP contribution >= 0.6 is 11.6 Å². The first-order valence-corrected chi connectivity index (χ1v) is 4.60. The van der Waals surface area contributed by atoms with E-state index in [0.717, 1.165) is 0 Å². The number of anilines is 1. The fraction of sp³-hybridized carbons (Fsp3) is 0.500. The molecule has 0 aromatic carbocycles. The third-order valence-electron chi connectivity index (χ3n) is 1.16. The monoisotopic (exact) mass is 203 g/mol. The first-order valence-electron chi connectivity index (χ1n) is 4.22. The largest absolute Gasteiger partial charge is 0.378 e. The lowest BCUT2D eigenvalue weighted by molar-refractivity contribution is 1.09. The van der Waals surface area contributed by atoms with Crippen LogP contribution < -0.4 is 10.9 Å². The highest BCUT2D eigenvalue weighted by molar-refractivity contribution is 6.31. The third-order valence-corrected chi connectivity index (χ3v) is 1.45. The van der Waals surface area contributed by atoms with Gasteiger partial charge in [0.15, 0.2) is 5.15 Å². The Kier molecular flexibility index (Phi) is 5.97. The number of H-pyrrole nitrogens is 1. The van der Waals surface area contributed by atoms with Crippen molar-refractivity contribution in [3.05, 3.63) is 21.8 Å². The molecule has 0 radical (unpaired) electrons. The molecule has 0 saturated carbocycles. The van der Waals surface area contributed by atoms with Gasteiger partial charge in [-0.1, -0.05) is 25.4 Å². The van der Waals surface area contributed by atoms with Gasteiger partial charge < -0.3 is 10.3 Å². The van der Waals surface area contributed by atoms with Crippen molar-refractivity contribution in [1.82, 2.24) is 9.97 Å². The van der Waals surface area contributed by atoms with Crippen molar-refractivity contribution < 1.29 is 0 Å². The molecule has 4 nitrogen and oxygen atoms in total. The fourth-order valence-electron chi connectivity index (χ4n) is 0.708. The summed E-state index contributed by atoms with van der Waals surface area (Å²) in [5, 5.41) is 3.01.